The van der Waals surface area contributed by atoms with Gasteiger partial charge in [-0.15, -0.1) is 0 Å². The molecule has 0 bridgehead atoms. The summed E-state index contributed by atoms with van der Waals surface area (Å²) in [5.74, 6) is 1.01. The van der Waals surface area contributed by atoms with E-state index in [9.17, 15) is 9.59 Å². The molecule has 1 heterocycles. The number of rotatable bonds is 8. The predicted octanol–water partition coefficient (Wildman–Crippen LogP) is 4.99. The van der Waals surface area contributed by atoms with Gasteiger partial charge in [-0.3, -0.25) is 4.79 Å². The summed E-state index contributed by atoms with van der Waals surface area (Å²) in [5, 5.41) is 5.67. The molecule has 0 aliphatic carbocycles. The van der Waals surface area contributed by atoms with Gasteiger partial charge in [0.25, 0.3) is 0 Å². The van der Waals surface area contributed by atoms with E-state index in [1.54, 1.807) is 13.2 Å². The lowest BCUT2D eigenvalue weighted by molar-refractivity contribution is -0.113. The Morgan fingerprint density at radius 3 is 2.53 bits per heavy atom. The molecule has 0 spiro atoms. The number of ether oxygens (including phenoxy) is 2. The molecule has 2 N–H and O–H groups in total. The fraction of sp³-hybridized carbons (Fsp3) is 0.304. The fourth-order valence-electron chi connectivity index (χ4n) is 3.38. The molecular formula is C23H25BrN2O4. The zero-order valence-electron chi connectivity index (χ0n) is 17.3. The minimum atomic E-state index is -0.639. The highest BCUT2D eigenvalue weighted by Crippen LogP contribution is 2.40. The second-order valence-corrected chi connectivity index (χ2v) is 7.82. The van der Waals surface area contributed by atoms with Crippen LogP contribution >= 0.6 is 15.9 Å². The largest absolute Gasteiger partial charge is 0.493 e. The van der Waals surface area contributed by atoms with Crippen LogP contribution in [0.2, 0.25) is 0 Å². The molecule has 0 saturated carbocycles. The molecular weight excluding hydrogens is 448 g/mol. The fourth-order valence-corrected chi connectivity index (χ4v) is 3.93. The third-order valence-corrected chi connectivity index (χ3v) is 5.55. The van der Waals surface area contributed by atoms with E-state index in [0.717, 1.165) is 18.4 Å². The smallest absolute Gasteiger partial charge is 0.320 e. The van der Waals surface area contributed by atoms with Crippen LogP contribution in [-0.2, 0) is 4.79 Å². The van der Waals surface area contributed by atoms with Crippen LogP contribution in [0.3, 0.4) is 0 Å². The van der Waals surface area contributed by atoms with E-state index in [1.807, 2.05) is 36.4 Å². The molecule has 0 radical (unpaired) electrons. The van der Waals surface area contributed by atoms with E-state index < -0.39 is 6.04 Å². The number of amides is 2. The number of nitrogens with one attached hydrogen (secondary N) is 2. The number of urea groups is 1. The molecule has 6 nitrogen and oxygen atoms in total. The molecule has 0 fully saturated rings. The summed E-state index contributed by atoms with van der Waals surface area (Å²) in [6.45, 7) is 4.18. The average molecular weight is 473 g/mol. The molecule has 1 atom stereocenters. The standard InChI is InChI=1S/C23H25BrN2O4/c1-4-5-11-30-19-13-17(24)16(12-18(19)29-3)22-20(14(2)27)21(25-23(28)26-22)15-9-7-6-8-10-15/h6-10,12-13,22H,4-5,11H2,1-3H3,(H2,25,26,28)/t22-/m0/s1. The second-order valence-electron chi connectivity index (χ2n) is 6.97. The molecule has 158 valence electrons. The molecule has 0 aromatic heterocycles. The van der Waals surface area contributed by atoms with Crippen molar-refractivity contribution >= 4 is 33.4 Å². The number of unbranched alkanes of at least 4 members (excludes halogenated alkanes) is 1. The van der Waals surface area contributed by atoms with Gasteiger partial charge in [0.05, 0.1) is 25.5 Å². The quantitative estimate of drug-likeness (QED) is 0.530. The Kier molecular flexibility index (Phi) is 7.15. The SMILES string of the molecule is CCCCOc1cc(Br)c([C@@H]2NC(=O)NC(c3ccccc3)=C2C(C)=O)cc1OC. The second kappa shape index (κ2) is 9.80. The Morgan fingerprint density at radius 1 is 1.17 bits per heavy atom. The number of Topliss-reactive ketones (excluding diaryl/α,β-unsaturated/α-hetero) is 1. The number of methoxy groups -OCH3 is 1. The number of ketones is 1. The van der Waals surface area contributed by atoms with E-state index >= 15 is 0 Å². The highest BCUT2D eigenvalue weighted by Gasteiger charge is 2.33. The summed E-state index contributed by atoms with van der Waals surface area (Å²) < 4.78 is 12.1. The van der Waals surface area contributed by atoms with Crippen LogP contribution in [-0.4, -0.2) is 25.5 Å². The number of carbonyl (C=O) groups excluding carboxylic acids is 2. The van der Waals surface area contributed by atoms with E-state index in [-0.39, 0.29) is 11.8 Å². The molecule has 1 aliphatic heterocycles. The van der Waals surface area contributed by atoms with Crippen molar-refractivity contribution < 1.29 is 19.1 Å². The Bertz CT molecular complexity index is 973. The van der Waals surface area contributed by atoms with Crippen molar-refractivity contribution in [2.75, 3.05) is 13.7 Å². The third-order valence-electron chi connectivity index (χ3n) is 4.86. The maximum Gasteiger partial charge on any atom is 0.320 e. The number of hydrogen-bond acceptors (Lipinski definition) is 4. The number of hydrogen-bond donors (Lipinski definition) is 2. The minimum Gasteiger partial charge on any atom is -0.493 e. The first-order chi connectivity index (χ1) is 14.5. The first-order valence-corrected chi connectivity index (χ1v) is 10.6. The summed E-state index contributed by atoms with van der Waals surface area (Å²) in [4.78, 5) is 25.1. The van der Waals surface area contributed by atoms with Gasteiger partial charge in [0.1, 0.15) is 0 Å². The average Bonchev–Trinajstić information content (AvgIpc) is 2.74. The van der Waals surface area contributed by atoms with Crippen LogP contribution in [0.1, 0.15) is 43.9 Å². The van der Waals surface area contributed by atoms with Crippen LogP contribution in [0.15, 0.2) is 52.5 Å². The van der Waals surface area contributed by atoms with Gasteiger partial charge in [0, 0.05) is 10.0 Å². The molecule has 3 rings (SSSR count). The lowest BCUT2D eigenvalue weighted by atomic mass is 9.90. The lowest BCUT2D eigenvalue weighted by Crippen LogP contribution is -2.44. The van der Waals surface area contributed by atoms with Gasteiger partial charge in [-0.1, -0.05) is 59.6 Å². The van der Waals surface area contributed by atoms with Crippen LogP contribution in [0.5, 0.6) is 11.5 Å². The van der Waals surface area contributed by atoms with Gasteiger partial charge in [-0.25, -0.2) is 4.79 Å². The van der Waals surface area contributed by atoms with Crippen molar-refractivity contribution in [3.8, 4) is 11.5 Å². The first kappa shape index (κ1) is 21.9. The summed E-state index contributed by atoms with van der Waals surface area (Å²) in [6, 6.07) is 11.9. The van der Waals surface area contributed by atoms with Crippen LogP contribution < -0.4 is 20.1 Å². The summed E-state index contributed by atoms with van der Waals surface area (Å²) >= 11 is 3.59. The van der Waals surface area contributed by atoms with Crippen LogP contribution in [0.4, 0.5) is 4.79 Å². The summed E-state index contributed by atoms with van der Waals surface area (Å²) in [7, 11) is 1.57. The monoisotopic (exact) mass is 472 g/mol. The number of carbonyl (C=O) groups is 2. The van der Waals surface area contributed by atoms with Gasteiger partial charge in [-0.05, 0) is 36.6 Å². The van der Waals surface area contributed by atoms with Crippen molar-refractivity contribution in [2.24, 2.45) is 0 Å². The molecule has 2 aromatic carbocycles. The Morgan fingerprint density at radius 2 is 1.90 bits per heavy atom. The van der Waals surface area contributed by atoms with Crippen LogP contribution in [0.25, 0.3) is 5.70 Å². The van der Waals surface area contributed by atoms with Gasteiger partial charge in [0.15, 0.2) is 17.3 Å². The molecule has 1 aliphatic rings. The molecule has 7 heteroatoms. The van der Waals surface area contributed by atoms with Gasteiger partial charge >= 0.3 is 6.03 Å². The zero-order valence-corrected chi connectivity index (χ0v) is 18.8. The summed E-state index contributed by atoms with van der Waals surface area (Å²) in [5.41, 5.74) is 2.46. The van der Waals surface area contributed by atoms with E-state index in [1.165, 1.54) is 6.92 Å². The first-order valence-electron chi connectivity index (χ1n) is 9.84. The van der Waals surface area contributed by atoms with Crippen molar-refractivity contribution in [1.82, 2.24) is 10.6 Å². The third kappa shape index (κ3) is 4.67. The Balaban J connectivity index is 2.10. The molecule has 30 heavy (non-hydrogen) atoms. The predicted molar refractivity (Wildman–Crippen MR) is 120 cm³/mol. The van der Waals surface area contributed by atoms with E-state index in [0.29, 0.717) is 39.4 Å². The Labute approximate surface area is 184 Å². The molecule has 2 amide bonds. The lowest BCUT2D eigenvalue weighted by Gasteiger charge is -2.30. The highest BCUT2D eigenvalue weighted by atomic mass is 79.9. The minimum absolute atomic E-state index is 0.138. The zero-order chi connectivity index (χ0) is 21.7. The van der Waals surface area contributed by atoms with Crippen molar-refractivity contribution in [3.63, 3.8) is 0 Å². The van der Waals surface area contributed by atoms with Gasteiger partial charge in [-0.2, -0.15) is 0 Å². The highest BCUT2D eigenvalue weighted by molar-refractivity contribution is 9.10. The normalized spacial score (nSPS) is 16.0. The number of benzene rings is 2. The molecule has 0 unspecified atom stereocenters. The summed E-state index contributed by atoms with van der Waals surface area (Å²) in [6.07, 6.45) is 1.96. The van der Waals surface area contributed by atoms with Crippen molar-refractivity contribution in [3.05, 3.63) is 63.6 Å². The Hall–Kier alpha value is -2.80. The maximum absolute atomic E-state index is 12.7. The topological polar surface area (TPSA) is 76.7 Å². The number of halogens is 1. The molecule has 0 saturated heterocycles. The maximum atomic E-state index is 12.7. The van der Waals surface area contributed by atoms with E-state index in [2.05, 4.69) is 33.5 Å². The molecule has 2 aromatic rings. The van der Waals surface area contributed by atoms with Crippen molar-refractivity contribution in [1.29, 1.82) is 0 Å². The van der Waals surface area contributed by atoms with Crippen molar-refractivity contribution in [2.45, 2.75) is 32.7 Å². The van der Waals surface area contributed by atoms with Gasteiger partial charge < -0.3 is 20.1 Å². The van der Waals surface area contributed by atoms with E-state index in [4.69, 9.17) is 9.47 Å². The van der Waals surface area contributed by atoms with Gasteiger partial charge in [0.2, 0.25) is 0 Å². The van der Waals surface area contributed by atoms with Crippen LogP contribution in [0, 0.1) is 0 Å².